The number of hydrogen-bond acceptors (Lipinski definition) is 3. The summed E-state index contributed by atoms with van der Waals surface area (Å²) in [4.78, 5) is 27.4. The van der Waals surface area contributed by atoms with Crippen LogP contribution >= 0.6 is 11.8 Å². The Morgan fingerprint density at radius 2 is 2.15 bits per heavy atom. The van der Waals surface area contributed by atoms with Gasteiger partial charge in [-0.2, -0.15) is 11.8 Å². The molecule has 4 unspecified atom stereocenters. The van der Waals surface area contributed by atoms with E-state index in [1.165, 1.54) is 0 Å². The summed E-state index contributed by atoms with van der Waals surface area (Å²) < 4.78 is 0. The van der Waals surface area contributed by atoms with E-state index in [1.54, 1.807) is 28.6 Å². The number of urea groups is 1. The van der Waals surface area contributed by atoms with Crippen molar-refractivity contribution in [3.05, 3.63) is 0 Å². The standard InChI is InChI=1S/C14H24N2O3S/c1-9(8-20-3)15(2)14(19)16-7-10-5-4-6-11(10)12(16)13(17)18/h9-12H,4-8H2,1-3H3,(H,17,18). The maximum atomic E-state index is 12.6. The molecule has 1 heterocycles. The van der Waals surface area contributed by atoms with Crippen LogP contribution in [0, 0.1) is 11.8 Å². The van der Waals surface area contributed by atoms with Crippen LogP contribution < -0.4 is 0 Å². The Balaban J connectivity index is 2.10. The average Bonchev–Trinajstić information content (AvgIpc) is 2.96. The number of thioether (sulfide) groups is 1. The first-order valence-electron chi connectivity index (χ1n) is 7.22. The van der Waals surface area contributed by atoms with Crippen LogP contribution in [0.1, 0.15) is 26.2 Å². The van der Waals surface area contributed by atoms with Crippen LogP contribution in [0.25, 0.3) is 0 Å². The summed E-state index contributed by atoms with van der Waals surface area (Å²) >= 11 is 1.69. The number of carbonyl (C=O) groups excluding carboxylic acids is 1. The Morgan fingerprint density at radius 3 is 2.75 bits per heavy atom. The van der Waals surface area contributed by atoms with Crippen LogP contribution in [0.15, 0.2) is 0 Å². The largest absolute Gasteiger partial charge is 0.480 e. The third kappa shape index (κ3) is 2.75. The molecule has 4 atom stereocenters. The van der Waals surface area contributed by atoms with E-state index in [2.05, 4.69) is 0 Å². The third-order valence-corrected chi connectivity index (χ3v) is 5.58. The minimum atomic E-state index is -0.848. The third-order valence-electron chi connectivity index (χ3n) is 4.76. The van der Waals surface area contributed by atoms with Crippen LogP contribution in [0.4, 0.5) is 4.79 Å². The zero-order valence-electron chi connectivity index (χ0n) is 12.4. The minimum absolute atomic E-state index is 0.118. The van der Waals surface area contributed by atoms with Gasteiger partial charge in [0.2, 0.25) is 0 Å². The number of likely N-dealkylation sites (tertiary alicyclic amines) is 1. The van der Waals surface area contributed by atoms with Crippen molar-refractivity contribution in [3.63, 3.8) is 0 Å². The fourth-order valence-electron chi connectivity index (χ4n) is 3.56. The van der Waals surface area contributed by atoms with Crippen molar-refractivity contribution in [2.75, 3.05) is 25.6 Å². The van der Waals surface area contributed by atoms with Gasteiger partial charge in [0.1, 0.15) is 6.04 Å². The molecule has 114 valence electrons. The van der Waals surface area contributed by atoms with Crippen LogP contribution in [-0.2, 0) is 4.79 Å². The highest BCUT2D eigenvalue weighted by atomic mass is 32.2. The van der Waals surface area contributed by atoms with Crippen LogP contribution in [0.5, 0.6) is 0 Å². The van der Waals surface area contributed by atoms with Crippen LogP contribution in [0.2, 0.25) is 0 Å². The minimum Gasteiger partial charge on any atom is -0.480 e. The van der Waals surface area contributed by atoms with Gasteiger partial charge in [-0.1, -0.05) is 6.42 Å². The highest BCUT2D eigenvalue weighted by molar-refractivity contribution is 7.98. The van der Waals surface area contributed by atoms with Crippen molar-refractivity contribution in [1.29, 1.82) is 0 Å². The maximum absolute atomic E-state index is 12.6. The molecule has 2 aliphatic rings. The van der Waals surface area contributed by atoms with Crippen molar-refractivity contribution in [1.82, 2.24) is 9.80 Å². The summed E-state index contributed by atoms with van der Waals surface area (Å²) in [6, 6.07) is -0.639. The number of carboxylic acid groups (broad SMARTS) is 1. The van der Waals surface area contributed by atoms with Gasteiger partial charge in [0.25, 0.3) is 0 Å². The molecule has 0 spiro atoms. The maximum Gasteiger partial charge on any atom is 0.326 e. The quantitative estimate of drug-likeness (QED) is 0.862. The summed E-state index contributed by atoms with van der Waals surface area (Å²) in [5, 5.41) is 9.49. The summed E-state index contributed by atoms with van der Waals surface area (Å²) in [6.07, 6.45) is 5.10. The molecule has 0 aromatic heterocycles. The lowest BCUT2D eigenvalue weighted by atomic mass is 9.94. The van der Waals surface area contributed by atoms with Gasteiger partial charge in [-0.3, -0.25) is 0 Å². The lowest BCUT2D eigenvalue weighted by molar-refractivity contribution is -0.142. The molecule has 6 heteroatoms. The predicted octanol–water partition coefficient (Wildman–Crippen LogP) is 1.97. The summed E-state index contributed by atoms with van der Waals surface area (Å²) in [6.45, 7) is 2.61. The van der Waals surface area contributed by atoms with Crippen molar-refractivity contribution >= 4 is 23.8 Å². The molecule has 0 aromatic rings. The normalized spacial score (nSPS) is 30.1. The summed E-state index contributed by atoms with van der Waals surface area (Å²) in [5.41, 5.74) is 0. The first-order chi connectivity index (χ1) is 9.47. The summed E-state index contributed by atoms with van der Waals surface area (Å²) in [5.74, 6) is 0.546. The lowest BCUT2D eigenvalue weighted by Gasteiger charge is -2.32. The van der Waals surface area contributed by atoms with E-state index in [9.17, 15) is 14.7 Å². The number of carbonyl (C=O) groups is 2. The van der Waals surface area contributed by atoms with E-state index in [-0.39, 0.29) is 18.0 Å². The first kappa shape index (κ1) is 15.5. The smallest absolute Gasteiger partial charge is 0.326 e. The van der Waals surface area contributed by atoms with E-state index in [0.717, 1.165) is 25.0 Å². The van der Waals surface area contributed by atoms with E-state index >= 15 is 0 Å². The van der Waals surface area contributed by atoms with Gasteiger partial charge in [0, 0.05) is 25.4 Å². The molecule has 20 heavy (non-hydrogen) atoms. The van der Waals surface area contributed by atoms with Crippen molar-refractivity contribution in [2.45, 2.75) is 38.3 Å². The highest BCUT2D eigenvalue weighted by Crippen LogP contribution is 2.42. The molecule has 1 N–H and O–H groups in total. The van der Waals surface area contributed by atoms with Crippen molar-refractivity contribution in [3.8, 4) is 0 Å². The Hall–Kier alpha value is -0.910. The molecule has 0 bridgehead atoms. The fourth-order valence-corrected chi connectivity index (χ4v) is 4.27. The number of rotatable bonds is 4. The van der Waals surface area contributed by atoms with Gasteiger partial charge in [-0.15, -0.1) is 0 Å². The zero-order chi connectivity index (χ0) is 14.9. The second-order valence-electron chi connectivity index (χ2n) is 5.99. The molecular weight excluding hydrogens is 276 g/mol. The number of fused-ring (bicyclic) bond motifs is 1. The van der Waals surface area contributed by atoms with Gasteiger partial charge < -0.3 is 14.9 Å². The fraction of sp³-hybridized carbons (Fsp3) is 0.857. The van der Waals surface area contributed by atoms with Gasteiger partial charge >= 0.3 is 12.0 Å². The molecule has 2 fully saturated rings. The number of carboxylic acids is 1. The second-order valence-corrected chi connectivity index (χ2v) is 6.90. The Bertz CT molecular complexity index is 391. The van der Waals surface area contributed by atoms with E-state index in [0.29, 0.717) is 12.5 Å². The number of amides is 2. The van der Waals surface area contributed by atoms with Crippen LogP contribution in [0.3, 0.4) is 0 Å². The monoisotopic (exact) mass is 300 g/mol. The number of aliphatic carboxylic acids is 1. The van der Waals surface area contributed by atoms with E-state index in [1.807, 2.05) is 13.2 Å². The topological polar surface area (TPSA) is 60.9 Å². The Morgan fingerprint density at radius 1 is 1.45 bits per heavy atom. The zero-order valence-corrected chi connectivity index (χ0v) is 13.2. The molecule has 2 rings (SSSR count). The molecule has 1 saturated carbocycles. The Kier molecular flexibility index (Phi) is 4.83. The van der Waals surface area contributed by atoms with Gasteiger partial charge in [0.05, 0.1) is 0 Å². The number of nitrogens with zero attached hydrogens (tertiary/aromatic N) is 2. The predicted molar refractivity (Wildman–Crippen MR) is 80.0 cm³/mol. The van der Waals surface area contributed by atoms with E-state index in [4.69, 9.17) is 0 Å². The van der Waals surface area contributed by atoms with Gasteiger partial charge in [-0.05, 0) is 37.9 Å². The van der Waals surface area contributed by atoms with Gasteiger partial charge in [0.15, 0.2) is 0 Å². The summed E-state index contributed by atoms with van der Waals surface area (Å²) in [7, 11) is 1.77. The van der Waals surface area contributed by atoms with Crippen molar-refractivity contribution < 1.29 is 14.7 Å². The first-order valence-corrected chi connectivity index (χ1v) is 8.62. The molecule has 0 radical (unpaired) electrons. The molecular formula is C14H24N2O3S. The van der Waals surface area contributed by atoms with Gasteiger partial charge in [-0.25, -0.2) is 9.59 Å². The lowest BCUT2D eigenvalue weighted by Crippen LogP contribution is -2.51. The average molecular weight is 300 g/mol. The Labute approximate surface area is 124 Å². The van der Waals surface area contributed by atoms with Crippen LogP contribution in [-0.4, -0.2) is 64.6 Å². The molecule has 1 aliphatic carbocycles. The number of hydrogen-bond donors (Lipinski definition) is 1. The molecule has 1 aliphatic heterocycles. The van der Waals surface area contributed by atoms with Crippen molar-refractivity contribution in [2.24, 2.45) is 11.8 Å². The molecule has 1 saturated heterocycles. The molecule has 5 nitrogen and oxygen atoms in total. The second kappa shape index (κ2) is 6.24. The molecule has 2 amide bonds. The molecule has 0 aromatic carbocycles. The van der Waals surface area contributed by atoms with E-state index < -0.39 is 12.0 Å². The highest BCUT2D eigenvalue weighted by Gasteiger charge is 2.50. The SMILES string of the molecule is CSCC(C)N(C)C(=O)N1CC2CCCC2C1C(=O)O.